The molecule has 0 fully saturated rings. The molecule has 2 aromatic rings. The number of nitrogens with one attached hydrogen (secondary N) is 2. The van der Waals surface area contributed by atoms with Crippen LogP contribution in [0.25, 0.3) is 0 Å². The average molecular weight is 352 g/mol. The molecule has 1 aliphatic heterocycles. The van der Waals surface area contributed by atoms with Gasteiger partial charge >= 0.3 is 5.82 Å². The zero-order valence-electron chi connectivity index (χ0n) is 13.1. The molecular weight excluding hydrogens is 334 g/mol. The number of rotatable bonds is 5. The van der Waals surface area contributed by atoms with E-state index in [-0.39, 0.29) is 30.7 Å². The fourth-order valence-corrected chi connectivity index (χ4v) is 2.61. The number of aryl methyl sites for hydroxylation is 1. The van der Waals surface area contributed by atoms with E-state index < -0.39 is 4.92 Å². The number of benzene rings is 1. The molecule has 3 rings (SSSR count). The second-order valence-electron chi connectivity index (χ2n) is 5.51. The summed E-state index contributed by atoms with van der Waals surface area (Å²) in [5.74, 6) is -0.0177. The van der Waals surface area contributed by atoms with Gasteiger partial charge in [0.1, 0.15) is 12.7 Å². The molecule has 0 saturated carbocycles. The van der Waals surface area contributed by atoms with Crippen molar-refractivity contribution in [2.24, 2.45) is 0 Å². The van der Waals surface area contributed by atoms with E-state index in [9.17, 15) is 14.9 Å². The highest BCUT2D eigenvalue weighted by Gasteiger charge is 2.17. The zero-order valence-corrected chi connectivity index (χ0v) is 13.9. The Morgan fingerprint density at radius 3 is 2.88 bits per heavy atom. The number of carbonyl (C=O) groups is 1. The summed E-state index contributed by atoms with van der Waals surface area (Å²) >= 11 is 0. The topological polar surface area (TPSA) is 102 Å². The molecule has 0 bridgehead atoms. The van der Waals surface area contributed by atoms with Gasteiger partial charge in [0, 0.05) is 26.6 Å². The minimum Gasteiger partial charge on any atom is -0.358 e. The Bertz CT molecular complexity index is 774. The summed E-state index contributed by atoms with van der Waals surface area (Å²) < 4.78 is 1.47. The van der Waals surface area contributed by atoms with Crippen molar-refractivity contribution in [3.8, 4) is 0 Å². The van der Waals surface area contributed by atoms with Crippen molar-refractivity contribution in [1.82, 2.24) is 20.2 Å². The van der Waals surface area contributed by atoms with Gasteiger partial charge in [0.25, 0.3) is 0 Å². The molecule has 0 spiro atoms. The Morgan fingerprint density at radius 1 is 1.42 bits per heavy atom. The Hall–Kier alpha value is -2.45. The maximum atomic E-state index is 12.0. The van der Waals surface area contributed by atoms with Gasteiger partial charge in [0.15, 0.2) is 0 Å². The van der Waals surface area contributed by atoms with Crippen LogP contribution < -0.4 is 10.6 Å². The van der Waals surface area contributed by atoms with E-state index in [0.717, 1.165) is 18.7 Å². The second-order valence-corrected chi connectivity index (χ2v) is 5.51. The predicted octanol–water partition coefficient (Wildman–Crippen LogP) is 1.44. The van der Waals surface area contributed by atoms with Crippen LogP contribution in [0.15, 0.2) is 24.4 Å². The quantitative estimate of drug-likeness (QED) is 0.627. The SMILES string of the molecule is Cc1nc([N+](=O)[O-])cn1CC(=O)NCc1ccc2c(c1)CNC2.Cl. The molecule has 0 unspecified atom stereocenters. The second kappa shape index (κ2) is 7.41. The summed E-state index contributed by atoms with van der Waals surface area (Å²) in [5, 5.41) is 16.8. The van der Waals surface area contributed by atoms with Crippen molar-refractivity contribution in [1.29, 1.82) is 0 Å². The molecule has 1 aromatic carbocycles. The lowest BCUT2D eigenvalue weighted by Gasteiger charge is -2.07. The van der Waals surface area contributed by atoms with E-state index in [2.05, 4.69) is 27.8 Å². The first-order valence-corrected chi connectivity index (χ1v) is 7.29. The predicted molar refractivity (Wildman–Crippen MR) is 89.7 cm³/mol. The number of fused-ring (bicyclic) bond motifs is 1. The fraction of sp³-hybridized carbons (Fsp3) is 0.333. The number of nitro groups is 1. The average Bonchev–Trinajstić information content (AvgIpc) is 3.12. The number of nitrogens with zero attached hydrogens (tertiary/aromatic N) is 3. The number of aromatic nitrogens is 2. The third-order valence-electron chi connectivity index (χ3n) is 3.86. The van der Waals surface area contributed by atoms with E-state index in [4.69, 9.17) is 0 Å². The molecule has 0 atom stereocenters. The van der Waals surface area contributed by atoms with E-state index in [1.54, 1.807) is 6.92 Å². The molecule has 1 aromatic heterocycles. The Morgan fingerprint density at radius 2 is 2.17 bits per heavy atom. The lowest BCUT2D eigenvalue weighted by Crippen LogP contribution is -2.27. The van der Waals surface area contributed by atoms with E-state index in [1.165, 1.54) is 21.9 Å². The van der Waals surface area contributed by atoms with Gasteiger partial charge in [-0.3, -0.25) is 9.36 Å². The van der Waals surface area contributed by atoms with E-state index in [0.29, 0.717) is 12.4 Å². The molecule has 128 valence electrons. The molecule has 0 radical (unpaired) electrons. The minimum atomic E-state index is -0.569. The summed E-state index contributed by atoms with van der Waals surface area (Å²) in [5.41, 5.74) is 3.59. The summed E-state index contributed by atoms with van der Waals surface area (Å²) in [4.78, 5) is 25.9. The lowest BCUT2D eigenvalue weighted by molar-refractivity contribution is -0.389. The van der Waals surface area contributed by atoms with Crippen LogP contribution >= 0.6 is 12.4 Å². The molecular formula is C15H18ClN5O3. The van der Waals surface area contributed by atoms with Gasteiger partial charge in [0.05, 0.1) is 0 Å². The minimum absolute atomic E-state index is 0. The highest BCUT2D eigenvalue weighted by molar-refractivity contribution is 5.85. The summed E-state index contributed by atoms with van der Waals surface area (Å²) in [6.07, 6.45) is 1.27. The van der Waals surface area contributed by atoms with Gasteiger partial charge in [-0.05, 0) is 26.6 Å². The van der Waals surface area contributed by atoms with Crippen molar-refractivity contribution in [2.45, 2.75) is 33.1 Å². The third kappa shape index (κ3) is 3.90. The van der Waals surface area contributed by atoms with E-state index in [1.807, 2.05) is 6.07 Å². The molecule has 9 heteroatoms. The highest BCUT2D eigenvalue weighted by Crippen LogP contribution is 2.17. The maximum Gasteiger partial charge on any atom is 0.381 e. The number of amides is 1. The van der Waals surface area contributed by atoms with Crippen LogP contribution in [0.4, 0.5) is 5.82 Å². The molecule has 8 nitrogen and oxygen atoms in total. The van der Waals surface area contributed by atoms with Gasteiger partial charge in [-0.15, -0.1) is 12.4 Å². The van der Waals surface area contributed by atoms with Gasteiger partial charge in [0.2, 0.25) is 11.7 Å². The van der Waals surface area contributed by atoms with Crippen molar-refractivity contribution in [2.75, 3.05) is 0 Å². The molecule has 1 aliphatic rings. The normalized spacial score (nSPS) is 12.4. The van der Waals surface area contributed by atoms with Crippen molar-refractivity contribution in [3.63, 3.8) is 0 Å². The number of hydrogen-bond donors (Lipinski definition) is 2. The molecule has 2 heterocycles. The van der Waals surface area contributed by atoms with Gasteiger partial charge in [-0.25, -0.2) is 0 Å². The summed E-state index contributed by atoms with van der Waals surface area (Å²) in [7, 11) is 0. The first-order chi connectivity index (χ1) is 11.0. The van der Waals surface area contributed by atoms with Gasteiger partial charge in [-0.1, -0.05) is 18.2 Å². The van der Waals surface area contributed by atoms with Crippen LogP contribution in [0.3, 0.4) is 0 Å². The lowest BCUT2D eigenvalue weighted by atomic mass is 10.1. The third-order valence-corrected chi connectivity index (χ3v) is 3.86. The van der Waals surface area contributed by atoms with Gasteiger partial charge < -0.3 is 20.7 Å². The van der Waals surface area contributed by atoms with Crippen molar-refractivity contribution >= 4 is 24.1 Å². The molecule has 1 amide bonds. The molecule has 2 N–H and O–H groups in total. The maximum absolute atomic E-state index is 12.0. The van der Waals surface area contributed by atoms with Crippen LogP contribution in [-0.2, 0) is 31.0 Å². The van der Waals surface area contributed by atoms with Crippen LogP contribution in [0.1, 0.15) is 22.5 Å². The smallest absolute Gasteiger partial charge is 0.358 e. The van der Waals surface area contributed by atoms with Crippen LogP contribution in [0.5, 0.6) is 0 Å². The zero-order chi connectivity index (χ0) is 16.4. The van der Waals surface area contributed by atoms with Crippen LogP contribution in [-0.4, -0.2) is 20.4 Å². The molecule has 0 saturated heterocycles. The fourth-order valence-electron chi connectivity index (χ4n) is 2.61. The largest absolute Gasteiger partial charge is 0.381 e. The summed E-state index contributed by atoms with van der Waals surface area (Å²) in [6, 6.07) is 6.16. The highest BCUT2D eigenvalue weighted by atomic mass is 35.5. The summed E-state index contributed by atoms with van der Waals surface area (Å²) in [6.45, 7) is 3.82. The first kappa shape index (κ1) is 17.9. The van der Waals surface area contributed by atoms with Gasteiger partial charge in [-0.2, -0.15) is 0 Å². The molecule has 24 heavy (non-hydrogen) atoms. The van der Waals surface area contributed by atoms with Crippen LogP contribution in [0.2, 0.25) is 0 Å². The molecule has 0 aliphatic carbocycles. The standard InChI is InChI=1S/C15H17N5O3.ClH/c1-10-18-14(20(22)23)8-19(10)9-15(21)17-5-11-2-3-12-6-16-7-13(12)4-11;/h2-4,8,16H,5-7,9H2,1H3,(H,17,21);1H. The monoisotopic (exact) mass is 351 g/mol. The Labute approximate surface area is 144 Å². The number of carbonyl (C=O) groups excluding carboxylic acids is 1. The van der Waals surface area contributed by atoms with Crippen molar-refractivity contribution < 1.29 is 9.72 Å². The number of imidazole rings is 1. The number of halogens is 1. The van der Waals surface area contributed by atoms with E-state index >= 15 is 0 Å². The number of hydrogen-bond acceptors (Lipinski definition) is 5. The van der Waals surface area contributed by atoms with Crippen LogP contribution in [0, 0.1) is 17.0 Å². The van der Waals surface area contributed by atoms with Crippen molar-refractivity contribution in [3.05, 3.63) is 57.0 Å². The first-order valence-electron chi connectivity index (χ1n) is 7.29. The Kier molecular flexibility index (Phi) is 5.53. The Balaban J connectivity index is 0.00000208.